The molecule has 0 aromatic rings. The summed E-state index contributed by atoms with van der Waals surface area (Å²) >= 11 is 0. The maximum atomic E-state index is 13.4. The van der Waals surface area contributed by atoms with E-state index in [1.165, 1.54) is 0 Å². The summed E-state index contributed by atoms with van der Waals surface area (Å²) in [5, 5.41) is 44.3. The molecule has 0 saturated heterocycles. The van der Waals surface area contributed by atoms with Crippen molar-refractivity contribution in [3.63, 3.8) is 0 Å². The van der Waals surface area contributed by atoms with E-state index in [4.69, 9.17) is 4.74 Å². The van der Waals surface area contributed by atoms with Gasteiger partial charge in [0, 0.05) is 29.6 Å². The molecule has 0 radical (unpaired) electrons. The van der Waals surface area contributed by atoms with Crippen LogP contribution in [0.2, 0.25) is 0 Å². The highest BCUT2D eigenvalue weighted by atomic mass is 16.7. The minimum atomic E-state index is -2.81. The van der Waals surface area contributed by atoms with Gasteiger partial charge in [-0.05, 0) is 24.2 Å². The lowest BCUT2D eigenvalue weighted by atomic mass is 9.54. The first-order valence-electron chi connectivity index (χ1n) is 9.23. The Balaban J connectivity index is 2.37. The third-order valence-corrected chi connectivity index (χ3v) is 6.82. The average Bonchev–Trinajstić information content (AvgIpc) is 2.74. The van der Waals surface area contributed by atoms with Crippen molar-refractivity contribution in [2.45, 2.75) is 65.5 Å². The molecular formula is C20H30O6. The van der Waals surface area contributed by atoms with Gasteiger partial charge in [0.25, 0.3) is 5.79 Å². The topological polar surface area (TPSA) is 107 Å². The van der Waals surface area contributed by atoms with Crippen LogP contribution in [0.4, 0.5) is 0 Å². The van der Waals surface area contributed by atoms with Gasteiger partial charge in [-0.1, -0.05) is 41.0 Å². The van der Waals surface area contributed by atoms with E-state index in [-0.39, 0.29) is 33.7 Å². The van der Waals surface area contributed by atoms with E-state index in [1.807, 2.05) is 20.8 Å². The van der Waals surface area contributed by atoms with Crippen LogP contribution in [-0.2, 0) is 9.53 Å². The number of hydrogen-bond acceptors (Lipinski definition) is 6. The monoisotopic (exact) mass is 366 g/mol. The fourth-order valence-corrected chi connectivity index (χ4v) is 5.91. The fraction of sp³-hybridized carbons (Fsp3) is 0.750. The number of rotatable bonds is 2. The summed E-state index contributed by atoms with van der Waals surface area (Å²) in [4.78, 5) is 13.4. The molecule has 1 saturated carbocycles. The van der Waals surface area contributed by atoms with Gasteiger partial charge in [0.05, 0.1) is 5.57 Å². The fourth-order valence-electron chi connectivity index (χ4n) is 5.91. The van der Waals surface area contributed by atoms with Gasteiger partial charge < -0.3 is 25.2 Å². The molecule has 3 atom stereocenters. The number of fused-ring (bicyclic) bond motifs is 2. The molecular weight excluding hydrogens is 336 g/mol. The van der Waals surface area contributed by atoms with Gasteiger partial charge in [-0.15, -0.1) is 0 Å². The molecule has 0 amide bonds. The van der Waals surface area contributed by atoms with Gasteiger partial charge in [-0.25, -0.2) is 0 Å². The molecule has 0 heterocycles. The number of hydrogen-bond donors (Lipinski definition) is 4. The summed E-state index contributed by atoms with van der Waals surface area (Å²) in [7, 11) is 1.16. The minimum absolute atomic E-state index is 0.0148. The van der Waals surface area contributed by atoms with E-state index in [9.17, 15) is 25.2 Å². The van der Waals surface area contributed by atoms with Crippen LogP contribution in [0, 0.1) is 22.7 Å². The number of ether oxygens (including phenoxy) is 1. The van der Waals surface area contributed by atoms with Crippen LogP contribution in [0.3, 0.4) is 0 Å². The zero-order valence-corrected chi connectivity index (χ0v) is 16.4. The summed E-state index contributed by atoms with van der Waals surface area (Å²) in [6.45, 7) is 9.19. The number of allylic oxidation sites excluding steroid dienone is 1. The second-order valence-corrected chi connectivity index (χ2v) is 9.24. The van der Waals surface area contributed by atoms with E-state index in [1.54, 1.807) is 13.8 Å². The van der Waals surface area contributed by atoms with E-state index in [0.717, 1.165) is 20.0 Å². The lowest BCUT2D eigenvalue weighted by molar-refractivity contribution is -0.338. The standard InChI is InChI=1S/C20H30O6/c1-10(2)12-13(21)11-14(22)16-17(3,4)8-7-9-18(16,5)15(11)19(23,24)20(12,25)26-6/h10,16,21,23-25H,7-9H2,1-6H3/t16-,18-,20?/m1/s1. The van der Waals surface area contributed by atoms with Crippen molar-refractivity contribution in [2.24, 2.45) is 22.7 Å². The van der Waals surface area contributed by atoms with Crippen LogP contribution < -0.4 is 0 Å². The van der Waals surface area contributed by atoms with Gasteiger partial charge in [0.1, 0.15) is 5.76 Å². The third-order valence-electron chi connectivity index (χ3n) is 6.82. The third kappa shape index (κ3) is 2.04. The van der Waals surface area contributed by atoms with Gasteiger partial charge in [0.2, 0.25) is 5.79 Å². The Morgan fingerprint density at radius 3 is 2.19 bits per heavy atom. The van der Waals surface area contributed by atoms with E-state index < -0.39 is 28.8 Å². The first kappa shape index (κ1) is 19.5. The van der Waals surface area contributed by atoms with Crippen LogP contribution in [-0.4, -0.2) is 44.9 Å². The molecule has 3 aliphatic rings. The molecule has 0 spiro atoms. The molecule has 1 fully saturated rings. The molecule has 0 aromatic carbocycles. The van der Waals surface area contributed by atoms with Gasteiger partial charge in [-0.2, -0.15) is 0 Å². The van der Waals surface area contributed by atoms with Gasteiger partial charge >= 0.3 is 0 Å². The normalized spacial score (nSPS) is 38.7. The molecule has 0 aliphatic heterocycles. The zero-order valence-electron chi connectivity index (χ0n) is 16.4. The molecule has 3 rings (SSSR count). The van der Waals surface area contributed by atoms with Crippen molar-refractivity contribution >= 4 is 5.78 Å². The quantitative estimate of drug-likeness (QED) is 0.558. The van der Waals surface area contributed by atoms with E-state index in [0.29, 0.717) is 6.42 Å². The van der Waals surface area contributed by atoms with Crippen molar-refractivity contribution in [2.75, 3.05) is 7.11 Å². The molecule has 3 aliphatic carbocycles. The number of methoxy groups -OCH3 is 1. The van der Waals surface area contributed by atoms with Crippen LogP contribution >= 0.6 is 0 Å². The number of ketones is 1. The molecule has 146 valence electrons. The molecule has 6 heteroatoms. The predicted molar refractivity (Wildman–Crippen MR) is 94.9 cm³/mol. The second-order valence-electron chi connectivity index (χ2n) is 9.24. The van der Waals surface area contributed by atoms with Gasteiger partial charge in [-0.3, -0.25) is 4.79 Å². The largest absolute Gasteiger partial charge is 0.507 e. The molecule has 4 N–H and O–H groups in total. The maximum absolute atomic E-state index is 13.4. The van der Waals surface area contributed by atoms with Crippen LogP contribution in [0.15, 0.2) is 22.5 Å². The summed E-state index contributed by atoms with van der Waals surface area (Å²) in [5.41, 5.74) is -1.39. The van der Waals surface area contributed by atoms with Crippen LogP contribution in [0.5, 0.6) is 0 Å². The first-order valence-corrected chi connectivity index (χ1v) is 9.23. The Labute approximate surface area is 154 Å². The number of carbonyl (C=O) groups is 1. The van der Waals surface area contributed by atoms with E-state index in [2.05, 4.69) is 0 Å². The Kier molecular flexibility index (Phi) is 4.07. The summed E-state index contributed by atoms with van der Waals surface area (Å²) in [6, 6.07) is 0. The number of aliphatic hydroxyl groups is 4. The van der Waals surface area contributed by atoms with Crippen LogP contribution in [0.1, 0.15) is 53.9 Å². The van der Waals surface area contributed by atoms with Crippen molar-refractivity contribution in [3.8, 4) is 0 Å². The minimum Gasteiger partial charge on any atom is -0.507 e. The summed E-state index contributed by atoms with van der Waals surface area (Å²) < 4.78 is 5.15. The average molecular weight is 366 g/mol. The number of aliphatic hydroxyl groups excluding tert-OH is 1. The highest BCUT2D eigenvalue weighted by molar-refractivity contribution is 6.06. The Morgan fingerprint density at radius 1 is 1.12 bits per heavy atom. The molecule has 0 bridgehead atoms. The van der Waals surface area contributed by atoms with Gasteiger partial charge in [0.15, 0.2) is 5.78 Å². The SMILES string of the molecule is COC1(O)C(C(C)C)=C(O)C2=C(C1(O)O)[C@@]1(C)CCCC(C)(C)[C@H]1C2=O. The molecule has 0 aromatic heterocycles. The van der Waals surface area contributed by atoms with Crippen molar-refractivity contribution < 1.29 is 30.0 Å². The van der Waals surface area contributed by atoms with Crippen molar-refractivity contribution in [3.05, 3.63) is 22.5 Å². The molecule has 26 heavy (non-hydrogen) atoms. The second kappa shape index (κ2) is 5.41. The molecule has 1 unspecified atom stereocenters. The van der Waals surface area contributed by atoms with Crippen LogP contribution in [0.25, 0.3) is 0 Å². The number of Topliss-reactive ketones (excluding diaryl/α,β-unsaturated/α-hetero) is 1. The maximum Gasteiger partial charge on any atom is 0.252 e. The highest BCUT2D eigenvalue weighted by Gasteiger charge is 2.70. The lowest BCUT2D eigenvalue weighted by Gasteiger charge is -2.52. The smallest absolute Gasteiger partial charge is 0.252 e. The lowest BCUT2D eigenvalue weighted by Crippen LogP contribution is -2.63. The Morgan fingerprint density at radius 2 is 1.69 bits per heavy atom. The Bertz CT molecular complexity index is 729. The molecule has 6 nitrogen and oxygen atoms in total. The van der Waals surface area contributed by atoms with Crippen molar-refractivity contribution in [1.82, 2.24) is 0 Å². The predicted octanol–water partition coefficient (Wildman–Crippen LogP) is 2.20. The van der Waals surface area contributed by atoms with E-state index >= 15 is 0 Å². The Hall–Kier alpha value is -1.21. The number of carbonyl (C=O) groups excluding carboxylic acids is 1. The highest BCUT2D eigenvalue weighted by Crippen LogP contribution is 2.65. The first-order chi connectivity index (χ1) is 11.8. The summed E-state index contributed by atoms with van der Waals surface area (Å²) in [5.74, 6) is -6.96. The van der Waals surface area contributed by atoms with Crippen molar-refractivity contribution in [1.29, 1.82) is 0 Å². The summed E-state index contributed by atoms with van der Waals surface area (Å²) in [6.07, 6.45) is 2.21. The zero-order chi connectivity index (χ0) is 19.9.